The fourth-order valence-electron chi connectivity index (χ4n) is 5.33. The minimum Gasteiger partial charge on any atom is -0.497 e. The Morgan fingerprint density at radius 1 is 0.907 bits per heavy atom. The van der Waals surface area contributed by atoms with E-state index in [0.717, 1.165) is 39.1 Å². The monoisotopic (exact) mass is 601 g/mol. The number of sulfonamides is 1. The lowest BCUT2D eigenvalue weighted by atomic mass is 9.97. The molecule has 2 atom stereocenters. The van der Waals surface area contributed by atoms with E-state index in [4.69, 9.17) is 9.47 Å². The van der Waals surface area contributed by atoms with Gasteiger partial charge >= 0.3 is 6.09 Å². The van der Waals surface area contributed by atoms with Crippen molar-refractivity contribution in [3.8, 4) is 5.75 Å². The third-order valence-electron chi connectivity index (χ3n) is 7.73. The number of aryl methyl sites for hydroxylation is 1. The molecule has 1 heterocycles. The number of carbonyl (C=O) groups is 2. The van der Waals surface area contributed by atoms with Gasteiger partial charge in [0.2, 0.25) is 10.0 Å². The minimum absolute atomic E-state index is 0.0409. The molecule has 0 aromatic heterocycles. The molecule has 9 nitrogen and oxygen atoms in total. The van der Waals surface area contributed by atoms with Crippen molar-refractivity contribution in [2.75, 3.05) is 20.7 Å². The van der Waals surface area contributed by atoms with Gasteiger partial charge in [-0.2, -0.15) is 4.31 Å². The van der Waals surface area contributed by atoms with E-state index < -0.39 is 28.1 Å². The Morgan fingerprint density at radius 2 is 1.60 bits per heavy atom. The zero-order valence-corrected chi connectivity index (χ0v) is 25.0. The summed E-state index contributed by atoms with van der Waals surface area (Å²) in [5.41, 5.74) is 4.45. The largest absolute Gasteiger partial charge is 0.497 e. The first kappa shape index (κ1) is 30.1. The smallest absolute Gasteiger partial charge is 0.428 e. The van der Waals surface area contributed by atoms with Gasteiger partial charge in [-0.25, -0.2) is 18.2 Å². The summed E-state index contributed by atoms with van der Waals surface area (Å²) in [6, 6.07) is 28.4. The van der Waals surface area contributed by atoms with Gasteiger partial charge < -0.3 is 9.47 Å². The predicted molar refractivity (Wildman–Crippen MR) is 164 cm³/mol. The van der Waals surface area contributed by atoms with Gasteiger partial charge in [0.1, 0.15) is 18.4 Å². The van der Waals surface area contributed by atoms with E-state index in [0.29, 0.717) is 12.8 Å². The van der Waals surface area contributed by atoms with Gasteiger partial charge in [-0.15, -0.1) is 0 Å². The molecular weight excluding hydrogens is 566 g/mol. The number of ether oxygens (including phenoxy) is 2. The van der Waals surface area contributed by atoms with Crippen LogP contribution in [0, 0.1) is 5.92 Å². The summed E-state index contributed by atoms with van der Waals surface area (Å²) < 4.78 is 39.8. The van der Waals surface area contributed by atoms with Crippen molar-refractivity contribution in [2.24, 2.45) is 5.92 Å². The second-order valence-electron chi connectivity index (χ2n) is 10.7. The highest BCUT2D eigenvalue weighted by molar-refractivity contribution is 7.89. The molecule has 43 heavy (non-hydrogen) atoms. The van der Waals surface area contributed by atoms with Gasteiger partial charge in [-0.1, -0.05) is 72.8 Å². The van der Waals surface area contributed by atoms with E-state index in [-0.39, 0.29) is 24.0 Å². The number of hydrogen-bond donors (Lipinski definition) is 1. The third-order valence-corrected chi connectivity index (χ3v) is 9.60. The lowest BCUT2D eigenvalue weighted by Crippen LogP contribution is -2.52. The number of nitrogens with zero attached hydrogens (tertiary/aromatic N) is 2. The summed E-state index contributed by atoms with van der Waals surface area (Å²) in [7, 11) is -1.04. The zero-order valence-electron chi connectivity index (χ0n) is 24.2. The Morgan fingerprint density at radius 3 is 2.33 bits per heavy atom. The standard InChI is InChI=1S/C33H35N3O6S/c1-35(33(38)42-23-25-8-4-3-5-9-25)34-32(37)31-20-26(13-12-24-14-17-29(41-2)18-15-24)22-36(31)43(39,40)30-19-16-27-10-6-7-11-28(27)21-30/h3-11,14-19,21,26,31H,12-13,20,22-23H2,1-2H3,(H,34,37)/t26-,31+/m1/s1. The maximum atomic E-state index is 14.0. The molecule has 0 radical (unpaired) electrons. The molecule has 1 fully saturated rings. The number of rotatable bonds is 9. The fourth-order valence-corrected chi connectivity index (χ4v) is 7.04. The Hall–Kier alpha value is -4.41. The van der Waals surface area contributed by atoms with Gasteiger partial charge in [0.25, 0.3) is 5.91 Å². The predicted octanol–water partition coefficient (Wildman–Crippen LogP) is 5.16. The fraction of sp³-hybridized carbons (Fsp3) is 0.273. The molecule has 224 valence electrons. The van der Waals surface area contributed by atoms with Crippen molar-refractivity contribution in [3.63, 3.8) is 0 Å². The molecule has 5 rings (SSSR count). The Kier molecular flexibility index (Phi) is 9.27. The highest BCUT2D eigenvalue weighted by Crippen LogP contribution is 2.33. The van der Waals surface area contributed by atoms with Crippen LogP contribution in [-0.4, -0.2) is 56.5 Å². The molecule has 2 amide bonds. The topological polar surface area (TPSA) is 105 Å². The van der Waals surface area contributed by atoms with Crippen molar-refractivity contribution in [1.29, 1.82) is 0 Å². The summed E-state index contributed by atoms with van der Waals surface area (Å²) in [5.74, 6) is 0.110. The van der Waals surface area contributed by atoms with Crippen molar-refractivity contribution in [2.45, 2.75) is 36.8 Å². The maximum Gasteiger partial charge on any atom is 0.428 e. The summed E-state index contributed by atoms with van der Waals surface area (Å²) in [4.78, 5) is 26.3. The lowest BCUT2D eigenvalue weighted by molar-refractivity contribution is -0.128. The molecule has 0 unspecified atom stereocenters. The van der Waals surface area contributed by atoms with Crippen LogP contribution in [0.4, 0.5) is 4.79 Å². The van der Waals surface area contributed by atoms with Gasteiger partial charge in [0, 0.05) is 13.6 Å². The summed E-state index contributed by atoms with van der Waals surface area (Å²) in [6.07, 6.45) is 0.977. The number of nitrogens with one attached hydrogen (secondary N) is 1. The van der Waals surface area contributed by atoms with Crippen molar-refractivity contribution in [1.82, 2.24) is 14.7 Å². The van der Waals surface area contributed by atoms with Crippen LogP contribution in [0.25, 0.3) is 10.8 Å². The average molecular weight is 602 g/mol. The van der Waals surface area contributed by atoms with Crippen LogP contribution in [0.5, 0.6) is 5.75 Å². The summed E-state index contributed by atoms with van der Waals surface area (Å²) in [5, 5.41) is 2.67. The van der Waals surface area contributed by atoms with E-state index in [1.807, 2.05) is 78.9 Å². The van der Waals surface area contributed by atoms with Crippen molar-refractivity contribution in [3.05, 3.63) is 108 Å². The number of fused-ring (bicyclic) bond motifs is 1. The number of carbonyl (C=O) groups excluding carboxylic acids is 2. The molecule has 1 aliphatic heterocycles. The summed E-state index contributed by atoms with van der Waals surface area (Å²) in [6.45, 7) is 0.227. The zero-order chi connectivity index (χ0) is 30.4. The van der Waals surface area contributed by atoms with Crippen LogP contribution < -0.4 is 10.2 Å². The molecular formula is C33H35N3O6S. The first-order valence-corrected chi connectivity index (χ1v) is 15.6. The van der Waals surface area contributed by atoms with Crippen molar-refractivity contribution < 1.29 is 27.5 Å². The third kappa shape index (κ3) is 7.15. The first-order chi connectivity index (χ1) is 20.7. The van der Waals surface area contributed by atoms with Crippen molar-refractivity contribution >= 4 is 32.8 Å². The Labute approximate surface area is 252 Å². The number of hydrazine groups is 1. The van der Waals surface area contributed by atoms with Crippen LogP contribution >= 0.6 is 0 Å². The number of benzene rings is 4. The minimum atomic E-state index is -4.03. The van der Waals surface area contributed by atoms with E-state index >= 15 is 0 Å². The van der Waals surface area contributed by atoms with Crippen LogP contribution in [0.2, 0.25) is 0 Å². The van der Waals surface area contributed by atoms with Gasteiger partial charge in [0.15, 0.2) is 0 Å². The van der Waals surface area contributed by atoms with Gasteiger partial charge in [-0.05, 0) is 71.3 Å². The Bertz CT molecular complexity index is 1680. The maximum absolute atomic E-state index is 14.0. The van der Waals surface area contributed by atoms with Crippen LogP contribution in [0.1, 0.15) is 24.0 Å². The van der Waals surface area contributed by atoms with Crippen LogP contribution in [0.3, 0.4) is 0 Å². The molecule has 0 bridgehead atoms. The van der Waals surface area contributed by atoms with Crippen LogP contribution in [0.15, 0.2) is 102 Å². The molecule has 1 N–H and O–H groups in total. The second kappa shape index (κ2) is 13.3. The number of methoxy groups -OCH3 is 1. The number of amides is 2. The SMILES string of the molecule is COc1ccc(CC[C@@H]2C[C@@H](C(=O)NN(C)C(=O)OCc3ccccc3)N(S(=O)(=O)c3ccc4ccccc4c3)C2)cc1. The Balaban J connectivity index is 1.32. The molecule has 0 saturated carbocycles. The van der Waals surface area contributed by atoms with Gasteiger partial charge in [-0.3, -0.25) is 10.2 Å². The summed E-state index contributed by atoms with van der Waals surface area (Å²) >= 11 is 0. The molecule has 0 aliphatic carbocycles. The first-order valence-electron chi connectivity index (χ1n) is 14.1. The molecule has 4 aromatic carbocycles. The van der Waals surface area contributed by atoms with E-state index in [1.165, 1.54) is 11.4 Å². The van der Waals surface area contributed by atoms with Crippen LogP contribution in [-0.2, 0) is 32.6 Å². The molecule has 4 aromatic rings. The molecule has 0 spiro atoms. The second-order valence-corrected chi connectivity index (χ2v) is 12.6. The molecule has 1 saturated heterocycles. The van der Waals surface area contributed by atoms with E-state index in [2.05, 4.69) is 5.43 Å². The van der Waals surface area contributed by atoms with Gasteiger partial charge in [0.05, 0.1) is 12.0 Å². The number of hydrogen-bond acceptors (Lipinski definition) is 6. The average Bonchev–Trinajstić information content (AvgIpc) is 3.48. The molecule has 1 aliphatic rings. The lowest BCUT2D eigenvalue weighted by Gasteiger charge is -2.26. The van der Waals surface area contributed by atoms with E-state index in [1.54, 1.807) is 25.3 Å². The quantitative estimate of drug-likeness (QED) is 0.266. The van der Waals surface area contributed by atoms with E-state index in [9.17, 15) is 18.0 Å². The normalized spacial score (nSPS) is 17.0. The highest BCUT2D eigenvalue weighted by Gasteiger charge is 2.44. The highest BCUT2D eigenvalue weighted by atomic mass is 32.2. The molecule has 10 heteroatoms.